The van der Waals surface area contributed by atoms with Crippen LogP contribution in [0.15, 0.2) is 42.6 Å². The van der Waals surface area contributed by atoms with Crippen molar-refractivity contribution in [2.45, 2.75) is 70.1 Å². The number of nitrogens with two attached hydrogens (primary N) is 1. The van der Waals surface area contributed by atoms with Gasteiger partial charge in [-0.1, -0.05) is 6.92 Å². The van der Waals surface area contributed by atoms with Gasteiger partial charge in [-0.3, -0.25) is 9.48 Å². The van der Waals surface area contributed by atoms with Crippen LogP contribution in [0.5, 0.6) is 5.75 Å². The number of rotatable bonds is 12. The quantitative estimate of drug-likeness (QED) is 0.151. The number of halogens is 3. The summed E-state index contributed by atoms with van der Waals surface area (Å²) >= 11 is 0. The topological polar surface area (TPSA) is 132 Å². The van der Waals surface area contributed by atoms with E-state index < -0.39 is 17.6 Å². The number of amides is 1. The Hall–Kier alpha value is -4.23. The van der Waals surface area contributed by atoms with E-state index in [0.29, 0.717) is 30.6 Å². The van der Waals surface area contributed by atoms with E-state index in [1.54, 1.807) is 18.8 Å². The van der Waals surface area contributed by atoms with Crippen molar-refractivity contribution in [1.82, 2.24) is 25.1 Å². The fourth-order valence-electron chi connectivity index (χ4n) is 5.79. The molecular formula is C33H41F3N8O2. The number of aromatic nitrogens is 4. The molecule has 1 aliphatic carbocycles. The lowest BCUT2D eigenvalue weighted by molar-refractivity contribution is -0.139. The number of nitrogens with zero attached hydrogens (tertiary/aromatic N) is 4. The third-order valence-corrected chi connectivity index (χ3v) is 8.21. The van der Waals surface area contributed by atoms with Gasteiger partial charge in [0.05, 0.1) is 35.5 Å². The van der Waals surface area contributed by atoms with Gasteiger partial charge >= 0.3 is 6.18 Å². The number of ether oxygens (including phenoxy) is 1. The lowest BCUT2D eigenvalue weighted by atomic mass is 9.92. The Kier molecular flexibility index (Phi) is 10.4. The van der Waals surface area contributed by atoms with Crippen molar-refractivity contribution in [3.05, 3.63) is 59.4 Å². The first kappa shape index (κ1) is 33.1. The average molecular weight is 639 g/mol. The molecule has 13 heteroatoms. The number of carbonyl (C=O) groups is 1. The SMILES string of the molecule is CCc1cc(-c2cc(CC(=O)Nc3ccc(OCCCNC)c(C(F)(F)F)c3)nn2C)cc2cnc(N[C@H]3CC[C@H](N)CC3)nc12. The Morgan fingerprint density at radius 3 is 2.63 bits per heavy atom. The highest BCUT2D eigenvalue weighted by atomic mass is 19.4. The molecule has 2 aromatic carbocycles. The van der Waals surface area contributed by atoms with Gasteiger partial charge in [0.2, 0.25) is 11.9 Å². The molecule has 46 heavy (non-hydrogen) atoms. The first-order valence-corrected chi connectivity index (χ1v) is 15.7. The number of hydrogen-bond acceptors (Lipinski definition) is 8. The second-order valence-electron chi connectivity index (χ2n) is 11.8. The van der Waals surface area contributed by atoms with E-state index in [4.69, 9.17) is 15.5 Å². The maximum Gasteiger partial charge on any atom is 0.420 e. The molecule has 0 bridgehead atoms. The lowest BCUT2D eigenvalue weighted by Crippen LogP contribution is -2.33. The van der Waals surface area contributed by atoms with Gasteiger partial charge in [0.15, 0.2) is 0 Å². The minimum Gasteiger partial charge on any atom is -0.493 e. The Morgan fingerprint density at radius 2 is 1.91 bits per heavy atom. The van der Waals surface area contributed by atoms with Gasteiger partial charge in [-0.05, 0) is 94.1 Å². The highest BCUT2D eigenvalue weighted by Crippen LogP contribution is 2.38. The molecule has 1 amide bonds. The van der Waals surface area contributed by atoms with E-state index in [1.165, 1.54) is 12.1 Å². The number of hydrogen-bond donors (Lipinski definition) is 4. The van der Waals surface area contributed by atoms with Crippen LogP contribution >= 0.6 is 0 Å². The summed E-state index contributed by atoms with van der Waals surface area (Å²) in [5, 5.41) is 14.4. The maximum absolute atomic E-state index is 13.7. The third-order valence-electron chi connectivity index (χ3n) is 8.21. The summed E-state index contributed by atoms with van der Waals surface area (Å²) in [6.45, 7) is 2.83. The summed E-state index contributed by atoms with van der Waals surface area (Å²) in [5.41, 5.74) is 9.24. The predicted octanol–water partition coefficient (Wildman–Crippen LogP) is 5.46. The van der Waals surface area contributed by atoms with Crippen molar-refractivity contribution in [2.24, 2.45) is 12.8 Å². The average Bonchev–Trinajstić information content (AvgIpc) is 3.39. The van der Waals surface area contributed by atoms with Crippen LogP contribution in [0.3, 0.4) is 0 Å². The summed E-state index contributed by atoms with van der Waals surface area (Å²) in [6.07, 6.45) is 2.35. The van der Waals surface area contributed by atoms with E-state index in [9.17, 15) is 18.0 Å². The highest BCUT2D eigenvalue weighted by Gasteiger charge is 2.35. The summed E-state index contributed by atoms with van der Waals surface area (Å²) in [7, 11) is 3.55. The van der Waals surface area contributed by atoms with Crippen LogP contribution in [0.1, 0.15) is 55.8 Å². The number of alkyl halides is 3. The molecule has 2 aromatic heterocycles. The molecule has 0 unspecified atom stereocenters. The summed E-state index contributed by atoms with van der Waals surface area (Å²) in [6, 6.07) is 9.99. The van der Waals surface area contributed by atoms with Crippen LogP contribution in [-0.4, -0.2) is 57.9 Å². The zero-order valence-corrected chi connectivity index (χ0v) is 26.4. The molecule has 2 heterocycles. The smallest absolute Gasteiger partial charge is 0.420 e. The van der Waals surface area contributed by atoms with E-state index in [2.05, 4.69) is 39.0 Å². The minimum absolute atomic E-state index is 0.0269. The molecule has 1 saturated carbocycles. The van der Waals surface area contributed by atoms with Gasteiger partial charge < -0.3 is 26.4 Å². The second kappa shape index (κ2) is 14.5. The van der Waals surface area contributed by atoms with E-state index in [-0.39, 0.29) is 30.5 Å². The zero-order chi connectivity index (χ0) is 32.8. The zero-order valence-electron chi connectivity index (χ0n) is 26.4. The van der Waals surface area contributed by atoms with Gasteiger partial charge in [0.25, 0.3) is 0 Å². The largest absolute Gasteiger partial charge is 0.493 e. The molecule has 4 aromatic rings. The molecule has 1 fully saturated rings. The van der Waals surface area contributed by atoms with Crippen LogP contribution in [0.4, 0.5) is 24.8 Å². The molecular weight excluding hydrogens is 597 g/mol. The second-order valence-corrected chi connectivity index (χ2v) is 11.8. The first-order chi connectivity index (χ1) is 22.0. The molecule has 10 nitrogen and oxygen atoms in total. The van der Waals surface area contributed by atoms with Gasteiger partial charge in [0.1, 0.15) is 5.75 Å². The standard InChI is InChI=1S/C33H41F3N8O2/c1-4-20-14-21(15-22-19-39-32(42-31(20)22)41-24-8-6-23(37)7-9-24)28-17-26(43-44(28)3)18-30(45)40-25-10-11-29(46-13-5-12-38-2)27(16-25)33(34,35)36/h10-11,14-17,19,23-24,38H,4-9,12-13,18,37H2,1-3H3,(H,40,45)(H,39,41,42)/t23-,24-. The number of aryl methyl sites for hydroxylation is 2. The van der Waals surface area contributed by atoms with Crippen LogP contribution in [0.25, 0.3) is 22.2 Å². The van der Waals surface area contributed by atoms with Crippen molar-refractivity contribution < 1.29 is 22.7 Å². The van der Waals surface area contributed by atoms with E-state index >= 15 is 0 Å². The van der Waals surface area contributed by atoms with Gasteiger partial charge in [-0.15, -0.1) is 0 Å². The van der Waals surface area contributed by atoms with Crippen molar-refractivity contribution >= 4 is 28.4 Å². The highest BCUT2D eigenvalue weighted by molar-refractivity contribution is 5.92. The van der Waals surface area contributed by atoms with E-state index in [0.717, 1.165) is 65.9 Å². The lowest BCUT2D eigenvalue weighted by Gasteiger charge is -2.26. The minimum atomic E-state index is -4.64. The molecule has 5 N–H and O–H groups in total. The number of benzene rings is 2. The number of anilines is 2. The normalized spacial score (nSPS) is 16.8. The van der Waals surface area contributed by atoms with Crippen molar-refractivity contribution in [1.29, 1.82) is 0 Å². The van der Waals surface area contributed by atoms with Crippen LogP contribution in [-0.2, 0) is 30.9 Å². The van der Waals surface area contributed by atoms with Gasteiger partial charge in [0, 0.05) is 42.0 Å². The van der Waals surface area contributed by atoms with Crippen LogP contribution in [0, 0.1) is 0 Å². The number of fused-ring (bicyclic) bond motifs is 1. The number of nitrogens with one attached hydrogen (secondary N) is 3. The Bertz CT molecular complexity index is 1660. The fraction of sp³-hybridized carbons (Fsp3) is 0.455. The maximum atomic E-state index is 13.7. The predicted molar refractivity (Wildman–Crippen MR) is 173 cm³/mol. The third kappa shape index (κ3) is 8.13. The summed E-state index contributed by atoms with van der Waals surface area (Å²) in [4.78, 5) is 22.3. The molecule has 0 radical (unpaired) electrons. The molecule has 0 atom stereocenters. The van der Waals surface area contributed by atoms with Crippen molar-refractivity contribution in [3.8, 4) is 17.0 Å². The van der Waals surface area contributed by atoms with Crippen molar-refractivity contribution in [2.75, 3.05) is 30.8 Å². The monoisotopic (exact) mass is 638 g/mol. The summed E-state index contributed by atoms with van der Waals surface area (Å²) < 4.78 is 48.3. The molecule has 0 spiro atoms. The summed E-state index contributed by atoms with van der Waals surface area (Å²) in [5.74, 6) is -0.148. The van der Waals surface area contributed by atoms with E-state index in [1.807, 2.05) is 18.3 Å². The Labute approximate surface area is 266 Å². The molecule has 1 aliphatic rings. The molecule has 0 saturated heterocycles. The van der Waals surface area contributed by atoms with Gasteiger partial charge in [-0.2, -0.15) is 18.3 Å². The Morgan fingerprint density at radius 1 is 1.13 bits per heavy atom. The van der Waals surface area contributed by atoms with Crippen molar-refractivity contribution in [3.63, 3.8) is 0 Å². The molecule has 246 valence electrons. The Balaban J connectivity index is 1.29. The molecule has 0 aliphatic heterocycles. The van der Waals surface area contributed by atoms with Crippen LogP contribution in [0.2, 0.25) is 0 Å². The number of carbonyl (C=O) groups excluding carboxylic acids is 1. The first-order valence-electron chi connectivity index (χ1n) is 15.7. The van der Waals surface area contributed by atoms with Crippen LogP contribution < -0.4 is 26.4 Å². The van der Waals surface area contributed by atoms with Gasteiger partial charge in [-0.25, -0.2) is 9.97 Å². The fourth-order valence-corrected chi connectivity index (χ4v) is 5.79. The molecule has 5 rings (SSSR count).